The highest BCUT2D eigenvalue weighted by Gasteiger charge is 2.16. The van der Waals surface area contributed by atoms with Gasteiger partial charge in [-0.15, -0.1) is 0 Å². The maximum Gasteiger partial charge on any atom is 0.118 e. The highest BCUT2D eigenvalue weighted by atomic mass is 16.5. The highest BCUT2D eigenvalue weighted by Crippen LogP contribution is 2.18. The normalized spacial score (nSPS) is 21.4. The van der Waals surface area contributed by atoms with Gasteiger partial charge in [0.15, 0.2) is 0 Å². The van der Waals surface area contributed by atoms with E-state index in [4.69, 9.17) is 9.47 Å². The molecule has 0 aromatic heterocycles. The molecule has 17 heavy (non-hydrogen) atoms. The fraction of sp³-hybridized carbons (Fsp3) is 0.571. The van der Waals surface area contributed by atoms with Gasteiger partial charge in [0.25, 0.3) is 0 Å². The van der Waals surface area contributed by atoms with Gasteiger partial charge in [0.05, 0.1) is 13.7 Å². The predicted octanol–water partition coefficient (Wildman–Crippen LogP) is 2.38. The van der Waals surface area contributed by atoms with Crippen molar-refractivity contribution in [1.82, 2.24) is 5.32 Å². The second-order valence-corrected chi connectivity index (χ2v) is 4.63. The molecule has 1 saturated heterocycles. The van der Waals surface area contributed by atoms with Crippen LogP contribution in [0.15, 0.2) is 24.3 Å². The molecule has 0 spiro atoms. The summed E-state index contributed by atoms with van der Waals surface area (Å²) in [6.07, 6.45) is 1.18. The van der Waals surface area contributed by atoms with Gasteiger partial charge in [-0.2, -0.15) is 0 Å². The van der Waals surface area contributed by atoms with Gasteiger partial charge in [0, 0.05) is 19.2 Å². The van der Waals surface area contributed by atoms with Crippen LogP contribution >= 0.6 is 0 Å². The van der Waals surface area contributed by atoms with E-state index in [2.05, 4.69) is 24.4 Å². The molecule has 0 bridgehead atoms. The molecule has 1 aromatic rings. The number of hydrogen-bond donors (Lipinski definition) is 1. The molecule has 1 aliphatic rings. The molecule has 94 valence electrons. The lowest BCUT2D eigenvalue weighted by Gasteiger charge is -2.17. The Balaban J connectivity index is 1.83. The van der Waals surface area contributed by atoms with E-state index in [1.165, 1.54) is 12.0 Å². The molecule has 2 rings (SSSR count). The van der Waals surface area contributed by atoms with E-state index >= 15 is 0 Å². The topological polar surface area (TPSA) is 30.5 Å². The van der Waals surface area contributed by atoms with Crippen molar-refractivity contribution in [3.05, 3.63) is 29.8 Å². The molecule has 3 nitrogen and oxygen atoms in total. The van der Waals surface area contributed by atoms with E-state index in [-0.39, 0.29) is 0 Å². The van der Waals surface area contributed by atoms with Crippen molar-refractivity contribution in [2.45, 2.75) is 19.4 Å². The molecular formula is C14H21NO2. The lowest BCUT2D eigenvalue weighted by molar-refractivity contribution is 0.184. The molecule has 1 heterocycles. The molecule has 1 N–H and O–H groups in total. The Hall–Kier alpha value is -1.06. The van der Waals surface area contributed by atoms with Crippen molar-refractivity contribution >= 4 is 0 Å². The summed E-state index contributed by atoms with van der Waals surface area (Å²) in [5, 5.41) is 3.56. The van der Waals surface area contributed by atoms with Crippen LogP contribution in [0.3, 0.4) is 0 Å². The van der Waals surface area contributed by atoms with Crippen molar-refractivity contribution in [1.29, 1.82) is 0 Å². The van der Waals surface area contributed by atoms with Crippen LogP contribution in [0, 0.1) is 5.92 Å². The third-order valence-corrected chi connectivity index (χ3v) is 3.35. The molecular weight excluding hydrogens is 214 g/mol. The van der Waals surface area contributed by atoms with Crippen LogP contribution in [-0.4, -0.2) is 26.9 Å². The zero-order chi connectivity index (χ0) is 12.1. The smallest absolute Gasteiger partial charge is 0.118 e. The Labute approximate surface area is 103 Å². The van der Waals surface area contributed by atoms with Crippen LogP contribution < -0.4 is 10.1 Å². The lowest BCUT2D eigenvalue weighted by atomic mass is 10.1. The third-order valence-electron chi connectivity index (χ3n) is 3.35. The van der Waals surface area contributed by atoms with Gasteiger partial charge in [0.2, 0.25) is 0 Å². The minimum Gasteiger partial charge on any atom is -0.497 e. The summed E-state index contributed by atoms with van der Waals surface area (Å²) in [6, 6.07) is 8.61. The Bertz CT molecular complexity index is 331. The molecule has 2 atom stereocenters. The van der Waals surface area contributed by atoms with E-state index < -0.39 is 0 Å². The van der Waals surface area contributed by atoms with Crippen molar-refractivity contribution in [2.75, 3.05) is 26.9 Å². The van der Waals surface area contributed by atoms with Gasteiger partial charge in [0.1, 0.15) is 5.75 Å². The molecule has 0 amide bonds. The van der Waals surface area contributed by atoms with Gasteiger partial charge >= 0.3 is 0 Å². The third kappa shape index (κ3) is 3.45. The molecule has 0 aliphatic carbocycles. The SMILES string of the molecule is COc1ccc([C@H](C)NCC2CCOC2)cc1. The lowest BCUT2D eigenvalue weighted by Crippen LogP contribution is -2.25. The largest absolute Gasteiger partial charge is 0.497 e. The maximum atomic E-state index is 5.37. The van der Waals surface area contributed by atoms with Gasteiger partial charge in [-0.25, -0.2) is 0 Å². The summed E-state index contributed by atoms with van der Waals surface area (Å²) in [5.41, 5.74) is 1.30. The molecule has 3 heteroatoms. The monoisotopic (exact) mass is 235 g/mol. The first-order valence-corrected chi connectivity index (χ1v) is 6.24. The van der Waals surface area contributed by atoms with Gasteiger partial charge in [-0.3, -0.25) is 0 Å². The van der Waals surface area contributed by atoms with Crippen molar-refractivity contribution in [3.63, 3.8) is 0 Å². The zero-order valence-electron chi connectivity index (χ0n) is 10.6. The Morgan fingerprint density at radius 3 is 2.76 bits per heavy atom. The summed E-state index contributed by atoms with van der Waals surface area (Å²) in [7, 11) is 1.69. The predicted molar refractivity (Wildman–Crippen MR) is 68.3 cm³/mol. The quantitative estimate of drug-likeness (QED) is 0.850. The number of benzene rings is 1. The number of nitrogens with one attached hydrogen (secondary N) is 1. The van der Waals surface area contributed by atoms with Crippen LogP contribution in [0.5, 0.6) is 5.75 Å². The van der Waals surface area contributed by atoms with Crippen LogP contribution in [0.1, 0.15) is 24.9 Å². The van der Waals surface area contributed by atoms with Gasteiger partial charge in [-0.05, 0) is 37.0 Å². The summed E-state index contributed by atoms with van der Waals surface area (Å²) >= 11 is 0. The number of methoxy groups -OCH3 is 1. The molecule has 0 saturated carbocycles. The molecule has 1 aliphatic heterocycles. The summed E-state index contributed by atoms with van der Waals surface area (Å²) in [6.45, 7) is 5.05. The van der Waals surface area contributed by atoms with E-state index in [0.717, 1.165) is 25.5 Å². The van der Waals surface area contributed by atoms with E-state index in [1.54, 1.807) is 7.11 Å². The second-order valence-electron chi connectivity index (χ2n) is 4.63. The number of rotatable bonds is 5. The average molecular weight is 235 g/mol. The number of ether oxygens (including phenoxy) is 2. The van der Waals surface area contributed by atoms with Crippen molar-refractivity contribution in [2.24, 2.45) is 5.92 Å². The fourth-order valence-corrected chi connectivity index (χ4v) is 2.10. The number of hydrogen-bond acceptors (Lipinski definition) is 3. The van der Waals surface area contributed by atoms with E-state index in [1.807, 2.05) is 12.1 Å². The molecule has 1 fully saturated rings. The zero-order valence-corrected chi connectivity index (χ0v) is 10.6. The summed E-state index contributed by atoms with van der Waals surface area (Å²) in [4.78, 5) is 0. The summed E-state index contributed by atoms with van der Waals surface area (Å²) in [5.74, 6) is 1.58. The van der Waals surface area contributed by atoms with Gasteiger partial charge in [-0.1, -0.05) is 12.1 Å². The highest BCUT2D eigenvalue weighted by molar-refractivity contribution is 5.28. The Morgan fingerprint density at radius 2 is 2.18 bits per heavy atom. The Kier molecular flexibility index (Phi) is 4.40. The Morgan fingerprint density at radius 1 is 1.41 bits per heavy atom. The van der Waals surface area contributed by atoms with E-state index in [0.29, 0.717) is 12.0 Å². The van der Waals surface area contributed by atoms with E-state index in [9.17, 15) is 0 Å². The van der Waals surface area contributed by atoms with Crippen LogP contribution in [-0.2, 0) is 4.74 Å². The minimum atomic E-state index is 0.376. The van der Waals surface area contributed by atoms with Crippen molar-refractivity contribution < 1.29 is 9.47 Å². The summed E-state index contributed by atoms with van der Waals surface area (Å²) < 4.78 is 10.5. The van der Waals surface area contributed by atoms with Crippen LogP contribution in [0.25, 0.3) is 0 Å². The minimum absolute atomic E-state index is 0.376. The first-order valence-electron chi connectivity index (χ1n) is 6.24. The maximum absolute atomic E-state index is 5.37. The molecule has 1 aromatic carbocycles. The standard InChI is InChI=1S/C14H21NO2/c1-11(15-9-12-7-8-17-10-12)13-3-5-14(16-2)6-4-13/h3-6,11-12,15H,7-10H2,1-2H3/t11-,12?/m0/s1. The van der Waals surface area contributed by atoms with Crippen LogP contribution in [0.2, 0.25) is 0 Å². The van der Waals surface area contributed by atoms with Crippen molar-refractivity contribution in [3.8, 4) is 5.75 Å². The first-order chi connectivity index (χ1) is 8.29. The first kappa shape index (κ1) is 12.4. The molecule has 1 unspecified atom stereocenters. The molecule has 0 radical (unpaired) electrons. The second kappa shape index (κ2) is 6.03. The fourth-order valence-electron chi connectivity index (χ4n) is 2.10. The average Bonchev–Trinajstić information content (AvgIpc) is 2.89. The van der Waals surface area contributed by atoms with Crippen LogP contribution in [0.4, 0.5) is 0 Å². The van der Waals surface area contributed by atoms with Gasteiger partial charge < -0.3 is 14.8 Å².